The first kappa shape index (κ1) is 16.8. The number of anilines is 1. The summed E-state index contributed by atoms with van der Waals surface area (Å²) in [7, 11) is 1.02. The average Bonchev–Trinajstić information content (AvgIpc) is 2.51. The summed E-state index contributed by atoms with van der Waals surface area (Å²) < 4.78 is 45.2. The zero-order chi connectivity index (χ0) is 17.1. The van der Waals surface area contributed by atoms with Crippen molar-refractivity contribution in [3.63, 3.8) is 0 Å². The van der Waals surface area contributed by atoms with Crippen LogP contribution in [0.2, 0.25) is 5.02 Å². The molecule has 0 fully saturated rings. The Balaban J connectivity index is 2.38. The highest BCUT2D eigenvalue weighted by atomic mass is 35.5. The van der Waals surface area contributed by atoms with Crippen LogP contribution in [0.5, 0.6) is 0 Å². The lowest BCUT2D eigenvalue weighted by atomic mass is 10.1. The fourth-order valence-electron chi connectivity index (χ4n) is 1.77. The van der Waals surface area contributed by atoms with Crippen LogP contribution >= 0.6 is 11.6 Å². The Kier molecular flexibility index (Phi) is 4.90. The molecule has 23 heavy (non-hydrogen) atoms. The molecule has 120 valence electrons. The Morgan fingerprint density at radius 3 is 2.35 bits per heavy atom. The number of halogens is 4. The van der Waals surface area contributed by atoms with Crippen LogP contribution in [-0.4, -0.2) is 19.0 Å². The van der Waals surface area contributed by atoms with Crippen molar-refractivity contribution in [3.8, 4) is 0 Å². The molecule has 0 saturated heterocycles. The van der Waals surface area contributed by atoms with Crippen LogP contribution < -0.4 is 5.32 Å². The molecule has 2 aromatic rings. The molecular formula is C15H9ClF3NO3. The highest BCUT2D eigenvalue weighted by Crippen LogP contribution is 2.22. The van der Waals surface area contributed by atoms with Gasteiger partial charge in [-0.05, 0) is 24.3 Å². The van der Waals surface area contributed by atoms with Gasteiger partial charge >= 0.3 is 5.97 Å². The van der Waals surface area contributed by atoms with Gasteiger partial charge in [-0.1, -0.05) is 11.6 Å². The molecule has 0 bridgehead atoms. The van der Waals surface area contributed by atoms with E-state index in [1.165, 1.54) is 6.07 Å². The summed E-state index contributed by atoms with van der Waals surface area (Å²) in [5, 5.41) is 2.16. The second kappa shape index (κ2) is 6.70. The van der Waals surface area contributed by atoms with E-state index in [1.54, 1.807) is 0 Å². The van der Waals surface area contributed by atoms with Gasteiger partial charge in [0, 0.05) is 11.1 Å². The fraction of sp³-hybridized carbons (Fsp3) is 0.0667. The van der Waals surface area contributed by atoms with Crippen LogP contribution in [0.15, 0.2) is 30.3 Å². The molecule has 1 N–H and O–H groups in total. The maximum atomic E-state index is 13.7. The lowest BCUT2D eigenvalue weighted by Gasteiger charge is -2.10. The first-order chi connectivity index (χ1) is 10.8. The van der Waals surface area contributed by atoms with Crippen molar-refractivity contribution in [2.45, 2.75) is 0 Å². The summed E-state index contributed by atoms with van der Waals surface area (Å²) in [5.74, 6) is -5.21. The minimum absolute atomic E-state index is 0.103. The van der Waals surface area contributed by atoms with Crippen molar-refractivity contribution in [3.05, 3.63) is 63.9 Å². The molecule has 0 atom stereocenters. The van der Waals surface area contributed by atoms with Gasteiger partial charge in [-0.3, -0.25) is 4.79 Å². The van der Waals surface area contributed by atoms with Gasteiger partial charge in [0.05, 0.1) is 23.9 Å². The molecule has 0 saturated carbocycles. The number of hydrogen-bond donors (Lipinski definition) is 1. The Morgan fingerprint density at radius 1 is 1.00 bits per heavy atom. The van der Waals surface area contributed by atoms with Gasteiger partial charge in [0.1, 0.15) is 17.5 Å². The van der Waals surface area contributed by atoms with Crippen molar-refractivity contribution >= 4 is 29.2 Å². The SMILES string of the molecule is COC(=O)c1cc(NC(=O)c2cc(Cl)ccc2F)c(F)cc1F. The van der Waals surface area contributed by atoms with Gasteiger partial charge in [0.2, 0.25) is 0 Å². The van der Waals surface area contributed by atoms with E-state index in [1.807, 2.05) is 0 Å². The Labute approximate surface area is 133 Å². The molecule has 2 rings (SSSR count). The Morgan fingerprint density at radius 2 is 1.70 bits per heavy atom. The highest BCUT2D eigenvalue weighted by Gasteiger charge is 2.19. The number of methoxy groups -OCH3 is 1. The van der Waals surface area contributed by atoms with Crippen LogP contribution in [0, 0.1) is 17.5 Å². The molecule has 0 unspecified atom stereocenters. The number of nitrogens with one attached hydrogen (secondary N) is 1. The quantitative estimate of drug-likeness (QED) is 0.862. The number of rotatable bonds is 3. The second-order valence-corrected chi connectivity index (χ2v) is 4.82. The molecule has 8 heteroatoms. The number of carbonyl (C=O) groups excluding carboxylic acids is 2. The third-order valence-corrected chi connectivity index (χ3v) is 3.12. The number of ether oxygens (including phenoxy) is 1. The Bertz CT molecular complexity index is 796. The van der Waals surface area contributed by atoms with Crippen molar-refractivity contribution in [1.82, 2.24) is 0 Å². The molecule has 4 nitrogen and oxygen atoms in total. The van der Waals surface area contributed by atoms with Crippen LogP contribution in [-0.2, 0) is 4.74 Å². The molecule has 1 amide bonds. The number of esters is 1. The average molecular weight is 344 g/mol. The van der Waals surface area contributed by atoms with Crippen LogP contribution in [0.25, 0.3) is 0 Å². The summed E-state index contributed by atoms with van der Waals surface area (Å²) in [6.07, 6.45) is 0. The molecule has 0 aromatic heterocycles. The molecule has 0 aliphatic carbocycles. The summed E-state index contributed by atoms with van der Waals surface area (Å²) in [4.78, 5) is 23.4. The normalized spacial score (nSPS) is 10.3. The summed E-state index contributed by atoms with van der Waals surface area (Å²) in [6.45, 7) is 0. The largest absolute Gasteiger partial charge is 0.465 e. The monoisotopic (exact) mass is 343 g/mol. The van der Waals surface area contributed by atoms with E-state index in [4.69, 9.17) is 11.6 Å². The third kappa shape index (κ3) is 3.62. The van der Waals surface area contributed by atoms with Crippen LogP contribution in [0.1, 0.15) is 20.7 Å². The first-order valence-corrected chi connectivity index (χ1v) is 6.55. The predicted molar refractivity (Wildman–Crippen MR) is 77.1 cm³/mol. The van der Waals surface area contributed by atoms with Gasteiger partial charge in [0.15, 0.2) is 0 Å². The second-order valence-electron chi connectivity index (χ2n) is 4.38. The highest BCUT2D eigenvalue weighted by molar-refractivity contribution is 6.31. The summed E-state index contributed by atoms with van der Waals surface area (Å²) in [5.41, 5.74) is -1.51. The zero-order valence-electron chi connectivity index (χ0n) is 11.6. The minimum Gasteiger partial charge on any atom is -0.465 e. The molecule has 2 aromatic carbocycles. The van der Waals surface area contributed by atoms with E-state index in [0.29, 0.717) is 6.07 Å². The van der Waals surface area contributed by atoms with E-state index in [9.17, 15) is 22.8 Å². The van der Waals surface area contributed by atoms with Crippen molar-refractivity contribution in [2.24, 2.45) is 0 Å². The third-order valence-electron chi connectivity index (χ3n) is 2.88. The van der Waals surface area contributed by atoms with Gasteiger partial charge in [-0.2, -0.15) is 0 Å². The molecular weight excluding hydrogens is 335 g/mol. The molecule has 0 heterocycles. The van der Waals surface area contributed by atoms with Gasteiger partial charge in [-0.25, -0.2) is 18.0 Å². The van der Waals surface area contributed by atoms with Crippen LogP contribution in [0.4, 0.5) is 18.9 Å². The molecule has 0 radical (unpaired) electrons. The summed E-state index contributed by atoms with van der Waals surface area (Å²) in [6, 6.07) is 4.43. The number of carbonyl (C=O) groups is 2. The predicted octanol–water partition coefficient (Wildman–Crippen LogP) is 3.80. The summed E-state index contributed by atoms with van der Waals surface area (Å²) >= 11 is 5.67. The van der Waals surface area contributed by atoms with Crippen molar-refractivity contribution in [2.75, 3.05) is 12.4 Å². The van der Waals surface area contributed by atoms with E-state index < -0.39 is 46.1 Å². The van der Waals surface area contributed by atoms with Crippen molar-refractivity contribution in [1.29, 1.82) is 0 Å². The maximum Gasteiger partial charge on any atom is 0.340 e. The number of amides is 1. The smallest absolute Gasteiger partial charge is 0.340 e. The van der Waals surface area contributed by atoms with E-state index in [0.717, 1.165) is 25.3 Å². The number of hydrogen-bond acceptors (Lipinski definition) is 3. The van der Waals surface area contributed by atoms with Crippen LogP contribution in [0.3, 0.4) is 0 Å². The number of benzene rings is 2. The van der Waals surface area contributed by atoms with E-state index in [-0.39, 0.29) is 5.02 Å². The fourth-order valence-corrected chi connectivity index (χ4v) is 1.94. The minimum atomic E-state index is -1.15. The molecule has 0 aliphatic rings. The van der Waals surface area contributed by atoms with Gasteiger partial charge in [0.25, 0.3) is 5.91 Å². The van der Waals surface area contributed by atoms with Gasteiger partial charge in [-0.15, -0.1) is 0 Å². The maximum absolute atomic E-state index is 13.7. The lowest BCUT2D eigenvalue weighted by Crippen LogP contribution is -2.16. The van der Waals surface area contributed by atoms with Crippen molar-refractivity contribution < 1.29 is 27.5 Å². The molecule has 0 spiro atoms. The molecule has 0 aliphatic heterocycles. The first-order valence-electron chi connectivity index (χ1n) is 6.17. The topological polar surface area (TPSA) is 55.4 Å². The van der Waals surface area contributed by atoms with E-state index >= 15 is 0 Å². The van der Waals surface area contributed by atoms with E-state index in [2.05, 4.69) is 10.1 Å². The Hall–Kier alpha value is -2.54. The zero-order valence-corrected chi connectivity index (χ0v) is 12.4. The standard InChI is InChI=1S/C15H9ClF3NO3/c1-23-15(22)9-5-13(12(19)6-11(9)18)20-14(21)8-4-7(16)2-3-10(8)17/h2-6H,1H3,(H,20,21). The van der Waals surface area contributed by atoms with Gasteiger partial charge < -0.3 is 10.1 Å². The lowest BCUT2D eigenvalue weighted by molar-refractivity contribution is 0.0595.